The van der Waals surface area contributed by atoms with Crippen LogP contribution in [0.15, 0.2) is 18.2 Å². The van der Waals surface area contributed by atoms with Crippen molar-refractivity contribution in [2.75, 3.05) is 20.7 Å². The lowest BCUT2D eigenvalue weighted by Gasteiger charge is -2.20. The molecule has 0 aliphatic carbocycles. The molecule has 5 nitrogen and oxygen atoms in total. The lowest BCUT2D eigenvalue weighted by molar-refractivity contribution is -0.135. The van der Waals surface area contributed by atoms with Crippen LogP contribution in [0.4, 0.5) is 0 Å². The van der Waals surface area contributed by atoms with Crippen molar-refractivity contribution in [2.24, 2.45) is 0 Å². The van der Waals surface area contributed by atoms with Crippen LogP contribution in [-0.4, -0.2) is 43.9 Å². The van der Waals surface area contributed by atoms with Gasteiger partial charge in [-0.2, -0.15) is 0 Å². The molecule has 0 aliphatic heterocycles. The molecule has 19 heavy (non-hydrogen) atoms. The summed E-state index contributed by atoms with van der Waals surface area (Å²) in [5, 5.41) is 0. The zero-order valence-corrected chi connectivity index (χ0v) is 11.7. The van der Waals surface area contributed by atoms with E-state index in [2.05, 4.69) is 0 Å². The third kappa shape index (κ3) is 3.98. The second-order valence-corrected chi connectivity index (χ2v) is 4.25. The maximum atomic E-state index is 11.7. The number of amides is 1. The number of benzene rings is 1. The number of nitrogens with zero attached hydrogens (tertiary/aromatic N) is 1. The molecule has 1 aromatic rings. The van der Waals surface area contributed by atoms with Gasteiger partial charge in [-0.3, -0.25) is 9.59 Å². The number of carbonyl (C=O) groups excluding carboxylic acids is 2. The Balaban J connectivity index is 2.93. The standard InChI is InChI=1S/C14H19NO4/c1-5-18-13-8-11(9-16)6-7-12(13)19-10(2)14(17)15(3)4/h6-10H,5H2,1-4H3. The predicted octanol–water partition coefficient (Wildman–Crippen LogP) is 1.75. The van der Waals surface area contributed by atoms with E-state index in [1.165, 1.54) is 4.90 Å². The summed E-state index contributed by atoms with van der Waals surface area (Å²) in [6.07, 6.45) is 0.122. The highest BCUT2D eigenvalue weighted by atomic mass is 16.5. The van der Waals surface area contributed by atoms with Crippen molar-refractivity contribution >= 4 is 12.2 Å². The van der Waals surface area contributed by atoms with Crippen LogP contribution in [0.25, 0.3) is 0 Å². The predicted molar refractivity (Wildman–Crippen MR) is 71.8 cm³/mol. The number of likely N-dealkylation sites (N-methyl/N-ethyl adjacent to an activating group) is 1. The van der Waals surface area contributed by atoms with Gasteiger partial charge in [-0.05, 0) is 32.0 Å². The second kappa shape index (κ2) is 6.78. The smallest absolute Gasteiger partial charge is 0.262 e. The topological polar surface area (TPSA) is 55.8 Å². The van der Waals surface area contributed by atoms with Crippen molar-refractivity contribution in [1.29, 1.82) is 0 Å². The summed E-state index contributed by atoms with van der Waals surface area (Å²) in [5.41, 5.74) is 0.502. The van der Waals surface area contributed by atoms with E-state index in [1.54, 1.807) is 39.2 Å². The highest BCUT2D eigenvalue weighted by Crippen LogP contribution is 2.29. The lowest BCUT2D eigenvalue weighted by atomic mass is 10.2. The zero-order chi connectivity index (χ0) is 14.4. The van der Waals surface area contributed by atoms with Gasteiger partial charge in [0.05, 0.1) is 6.61 Å². The molecule has 1 aromatic carbocycles. The van der Waals surface area contributed by atoms with E-state index in [-0.39, 0.29) is 5.91 Å². The molecular weight excluding hydrogens is 246 g/mol. The van der Waals surface area contributed by atoms with Gasteiger partial charge in [0.2, 0.25) is 0 Å². The van der Waals surface area contributed by atoms with Gasteiger partial charge < -0.3 is 14.4 Å². The molecular formula is C14H19NO4. The first-order valence-electron chi connectivity index (χ1n) is 6.09. The molecule has 1 amide bonds. The third-order valence-electron chi connectivity index (χ3n) is 2.50. The summed E-state index contributed by atoms with van der Waals surface area (Å²) in [4.78, 5) is 23.9. The van der Waals surface area contributed by atoms with Gasteiger partial charge in [-0.25, -0.2) is 0 Å². The number of ether oxygens (including phenoxy) is 2. The third-order valence-corrected chi connectivity index (χ3v) is 2.50. The fourth-order valence-corrected chi connectivity index (χ4v) is 1.57. The van der Waals surface area contributed by atoms with E-state index in [1.807, 2.05) is 6.92 Å². The molecule has 0 N–H and O–H groups in total. The van der Waals surface area contributed by atoms with Gasteiger partial charge >= 0.3 is 0 Å². The highest BCUT2D eigenvalue weighted by molar-refractivity contribution is 5.80. The minimum Gasteiger partial charge on any atom is -0.490 e. The molecule has 0 aliphatic rings. The van der Waals surface area contributed by atoms with Crippen molar-refractivity contribution in [3.8, 4) is 11.5 Å². The molecule has 1 atom stereocenters. The minimum absolute atomic E-state index is 0.137. The molecule has 0 radical (unpaired) electrons. The largest absolute Gasteiger partial charge is 0.490 e. The lowest BCUT2D eigenvalue weighted by Crippen LogP contribution is -2.35. The van der Waals surface area contributed by atoms with E-state index in [4.69, 9.17) is 9.47 Å². The minimum atomic E-state index is -0.615. The maximum Gasteiger partial charge on any atom is 0.262 e. The summed E-state index contributed by atoms with van der Waals surface area (Å²) in [7, 11) is 3.34. The molecule has 0 heterocycles. The Kier molecular flexibility index (Phi) is 5.36. The van der Waals surface area contributed by atoms with Gasteiger partial charge in [0.25, 0.3) is 5.91 Å². The molecule has 0 fully saturated rings. The van der Waals surface area contributed by atoms with Crippen LogP contribution in [0.3, 0.4) is 0 Å². The Morgan fingerprint density at radius 3 is 2.58 bits per heavy atom. The Morgan fingerprint density at radius 1 is 1.37 bits per heavy atom. The number of aldehydes is 1. The van der Waals surface area contributed by atoms with Crippen molar-refractivity contribution in [2.45, 2.75) is 20.0 Å². The normalized spacial score (nSPS) is 11.6. The molecule has 5 heteroatoms. The average molecular weight is 265 g/mol. The Labute approximate surface area is 113 Å². The number of carbonyl (C=O) groups is 2. The average Bonchev–Trinajstić information content (AvgIpc) is 2.39. The Hall–Kier alpha value is -2.04. The van der Waals surface area contributed by atoms with Gasteiger partial charge in [0.15, 0.2) is 17.6 Å². The van der Waals surface area contributed by atoms with Gasteiger partial charge in [-0.15, -0.1) is 0 Å². The van der Waals surface area contributed by atoms with Crippen molar-refractivity contribution in [3.05, 3.63) is 23.8 Å². The first kappa shape index (κ1) is 15.0. The number of hydrogen-bond acceptors (Lipinski definition) is 4. The van der Waals surface area contributed by atoms with E-state index < -0.39 is 6.10 Å². The van der Waals surface area contributed by atoms with Gasteiger partial charge in [0.1, 0.15) is 6.29 Å². The molecule has 1 unspecified atom stereocenters. The number of rotatable bonds is 6. The van der Waals surface area contributed by atoms with Crippen LogP contribution < -0.4 is 9.47 Å². The van der Waals surface area contributed by atoms with Crippen LogP contribution in [-0.2, 0) is 4.79 Å². The maximum absolute atomic E-state index is 11.7. The first-order valence-corrected chi connectivity index (χ1v) is 6.09. The van der Waals surface area contributed by atoms with Crippen LogP contribution in [0, 0.1) is 0 Å². The second-order valence-electron chi connectivity index (χ2n) is 4.25. The zero-order valence-electron chi connectivity index (χ0n) is 11.7. The van der Waals surface area contributed by atoms with E-state index in [9.17, 15) is 9.59 Å². The van der Waals surface area contributed by atoms with E-state index in [0.29, 0.717) is 23.7 Å². The molecule has 0 spiro atoms. The fourth-order valence-electron chi connectivity index (χ4n) is 1.57. The van der Waals surface area contributed by atoms with Gasteiger partial charge in [0, 0.05) is 19.7 Å². The number of hydrogen-bond donors (Lipinski definition) is 0. The first-order chi connectivity index (χ1) is 8.99. The summed E-state index contributed by atoms with van der Waals surface area (Å²) in [6.45, 7) is 3.96. The fraction of sp³-hybridized carbons (Fsp3) is 0.429. The summed E-state index contributed by atoms with van der Waals surface area (Å²) in [6, 6.07) is 4.85. The Bertz CT molecular complexity index is 457. The van der Waals surface area contributed by atoms with Gasteiger partial charge in [-0.1, -0.05) is 0 Å². The molecule has 0 bridgehead atoms. The van der Waals surface area contributed by atoms with Crippen LogP contribution in [0.2, 0.25) is 0 Å². The SMILES string of the molecule is CCOc1cc(C=O)ccc1OC(C)C(=O)N(C)C. The van der Waals surface area contributed by atoms with E-state index in [0.717, 1.165) is 6.29 Å². The van der Waals surface area contributed by atoms with E-state index >= 15 is 0 Å². The Morgan fingerprint density at radius 2 is 2.05 bits per heavy atom. The summed E-state index contributed by atoms with van der Waals surface area (Å²) in [5.74, 6) is 0.780. The van der Waals surface area contributed by atoms with Crippen molar-refractivity contribution in [1.82, 2.24) is 4.90 Å². The quantitative estimate of drug-likeness (QED) is 0.735. The molecule has 0 aromatic heterocycles. The van der Waals surface area contributed by atoms with Crippen LogP contribution in [0.5, 0.6) is 11.5 Å². The van der Waals surface area contributed by atoms with Crippen molar-refractivity contribution < 1.29 is 19.1 Å². The van der Waals surface area contributed by atoms with Crippen molar-refractivity contribution in [3.63, 3.8) is 0 Å². The van der Waals surface area contributed by atoms with Crippen LogP contribution in [0.1, 0.15) is 24.2 Å². The monoisotopic (exact) mass is 265 g/mol. The summed E-state index contributed by atoms with van der Waals surface area (Å²) < 4.78 is 11.0. The van der Waals surface area contributed by atoms with Crippen LogP contribution >= 0.6 is 0 Å². The molecule has 1 rings (SSSR count). The molecule has 104 valence electrons. The summed E-state index contributed by atoms with van der Waals surface area (Å²) >= 11 is 0. The molecule has 0 saturated carbocycles. The highest BCUT2D eigenvalue weighted by Gasteiger charge is 2.18. The molecule has 0 saturated heterocycles.